The highest BCUT2D eigenvalue weighted by Crippen LogP contribution is 2.31. The maximum Gasteiger partial charge on any atom is 0.337 e. The Kier molecular flexibility index (Phi) is 5.82. The molecule has 0 aliphatic rings. The number of carbonyl (C=O) groups is 1. The van der Waals surface area contributed by atoms with Crippen molar-refractivity contribution >= 4 is 29.1 Å². The Bertz CT molecular complexity index is 1010. The van der Waals surface area contributed by atoms with Gasteiger partial charge in [0.1, 0.15) is 5.82 Å². The van der Waals surface area contributed by atoms with Crippen LogP contribution in [0.15, 0.2) is 54.6 Å². The first-order chi connectivity index (χ1) is 13.8. The molecule has 0 fully saturated rings. The van der Waals surface area contributed by atoms with Crippen LogP contribution in [0.25, 0.3) is 0 Å². The number of para-hydroxylation sites is 1. The predicted octanol–water partition coefficient (Wildman–Crippen LogP) is 5.36. The average Bonchev–Trinajstić information content (AvgIpc) is 2.67. The topological polar surface area (TPSA) is 76.1 Å². The number of anilines is 4. The van der Waals surface area contributed by atoms with E-state index in [4.69, 9.17) is 4.74 Å². The van der Waals surface area contributed by atoms with Crippen LogP contribution in [0.1, 0.15) is 42.4 Å². The monoisotopic (exact) mass is 390 g/mol. The molecule has 0 amide bonds. The second-order valence-electron chi connectivity index (χ2n) is 7.83. The van der Waals surface area contributed by atoms with Gasteiger partial charge >= 0.3 is 5.97 Å². The van der Waals surface area contributed by atoms with Crippen LogP contribution in [-0.2, 0) is 10.2 Å². The van der Waals surface area contributed by atoms with Crippen molar-refractivity contribution in [2.75, 3.05) is 17.7 Å². The van der Waals surface area contributed by atoms with Crippen LogP contribution in [-0.4, -0.2) is 23.0 Å². The SMILES string of the molecule is COC(=O)c1ccc(Nc2cc(C)nc(Nc3ccccc3C(C)(C)C)n2)cc1. The van der Waals surface area contributed by atoms with E-state index in [0.29, 0.717) is 17.3 Å². The number of benzene rings is 2. The van der Waals surface area contributed by atoms with Gasteiger partial charge in [-0.2, -0.15) is 4.98 Å². The third kappa shape index (κ3) is 5.10. The minimum atomic E-state index is -0.363. The van der Waals surface area contributed by atoms with Crippen molar-refractivity contribution in [2.24, 2.45) is 0 Å². The first kappa shape index (κ1) is 20.3. The van der Waals surface area contributed by atoms with Crippen molar-refractivity contribution in [1.82, 2.24) is 9.97 Å². The molecular formula is C23H26N4O2. The first-order valence-electron chi connectivity index (χ1n) is 9.44. The molecule has 29 heavy (non-hydrogen) atoms. The van der Waals surface area contributed by atoms with Gasteiger partial charge in [0.15, 0.2) is 0 Å². The minimum Gasteiger partial charge on any atom is -0.465 e. The van der Waals surface area contributed by atoms with Gasteiger partial charge in [-0.3, -0.25) is 0 Å². The van der Waals surface area contributed by atoms with Gasteiger partial charge in [0.2, 0.25) is 5.95 Å². The van der Waals surface area contributed by atoms with E-state index in [-0.39, 0.29) is 11.4 Å². The summed E-state index contributed by atoms with van der Waals surface area (Å²) in [6.45, 7) is 8.45. The average molecular weight is 390 g/mol. The lowest BCUT2D eigenvalue weighted by Gasteiger charge is -2.23. The van der Waals surface area contributed by atoms with Crippen LogP contribution in [0.3, 0.4) is 0 Å². The molecule has 0 spiro atoms. The molecular weight excluding hydrogens is 364 g/mol. The Labute approximate surface area is 171 Å². The summed E-state index contributed by atoms with van der Waals surface area (Å²) in [6, 6.07) is 17.1. The largest absolute Gasteiger partial charge is 0.465 e. The Morgan fingerprint density at radius 1 is 0.966 bits per heavy atom. The second kappa shape index (κ2) is 8.31. The van der Waals surface area contributed by atoms with Crippen LogP contribution >= 0.6 is 0 Å². The number of aromatic nitrogens is 2. The van der Waals surface area contributed by atoms with Crippen LogP contribution < -0.4 is 10.6 Å². The number of hydrogen-bond acceptors (Lipinski definition) is 6. The Hall–Kier alpha value is -3.41. The van der Waals surface area contributed by atoms with E-state index >= 15 is 0 Å². The van der Waals surface area contributed by atoms with E-state index in [1.165, 1.54) is 12.7 Å². The van der Waals surface area contributed by atoms with Gasteiger partial charge < -0.3 is 15.4 Å². The summed E-state index contributed by atoms with van der Waals surface area (Å²) in [6.07, 6.45) is 0. The third-order valence-electron chi connectivity index (χ3n) is 4.41. The zero-order valence-corrected chi connectivity index (χ0v) is 17.4. The summed E-state index contributed by atoms with van der Waals surface area (Å²) in [5, 5.41) is 6.61. The molecule has 2 N–H and O–H groups in total. The summed E-state index contributed by atoms with van der Waals surface area (Å²) < 4.78 is 4.73. The summed E-state index contributed by atoms with van der Waals surface area (Å²) >= 11 is 0. The maximum absolute atomic E-state index is 11.6. The summed E-state index contributed by atoms with van der Waals surface area (Å²) in [5.41, 5.74) is 4.33. The number of ether oxygens (including phenoxy) is 1. The quantitative estimate of drug-likeness (QED) is 0.572. The first-order valence-corrected chi connectivity index (χ1v) is 9.44. The van der Waals surface area contributed by atoms with E-state index in [0.717, 1.165) is 17.1 Å². The summed E-state index contributed by atoms with van der Waals surface area (Å²) in [4.78, 5) is 20.7. The molecule has 3 aromatic rings. The van der Waals surface area contributed by atoms with E-state index < -0.39 is 0 Å². The van der Waals surface area contributed by atoms with Crippen LogP contribution in [0.2, 0.25) is 0 Å². The molecule has 0 unspecified atom stereocenters. The van der Waals surface area contributed by atoms with E-state index in [1.807, 2.05) is 43.3 Å². The van der Waals surface area contributed by atoms with Gasteiger partial charge in [0.05, 0.1) is 12.7 Å². The predicted molar refractivity (Wildman–Crippen MR) is 116 cm³/mol. The van der Waals surface area contributed by atoms with E-state index in [2.05, 4.69) is 47.4 Å². The molecule has 0 bridgehead atoms. The number of aryl methyl sites for hydroxylation is 1. The molecule has 0 aliphatic heterocycles. The molecule has 6 heteroatoms. The number of nitrogens with zero attached hydrogens (tertiary/aromatic N) is 2. The zero-order valence-electron chi connectivity index (χ0n) is 17.4. The minimum absolute atomic E-state index is 0.00409. The molecule has 2 aromatic carbocycles. The van der Waals surface area contributed by atoms with Crippen molar-refractivity contribution < 1.29 is 9.53 Å². The zero-order chi connectivity index (χ0) is 21.0. The van der Waals surface area contributed by atoms with Crippen molar-refractivity contribution in [3.05, 3.63) is 71.4 Å². The lowest BCUT2D eigenvalue weighted by molar-refractivity contribution is 0.0601. The van der Waals surface area contributed by atoms with Crippen LogP contribution in [0.4, 0.5) is 23.1 Å². The van der Waals surface area contributed by atoms with Crippen molar-refractivity contribution in [2.45, 2.75) is 33.1 Å². The van der Waals surface area contributed by atoms with Crippen molar-refractivity contribution in [3.63, 3.8) is 0 Å². The van der Waals surface area contributed by atoms with Gasteiger partial charge in [-0.05, 0) is 48.2 Å². The second-order valence-corrected chi connectivity index (χ2v) is 7.83. The van der Waals surface area contributed by atoms with Gasteiger partial charge in [0, 0.05) is 23.1 Å². The van der Waals surface area contributed by atoms with Crippen molar-refractivity contribution in [1.29, 1.82) is 0 Å². The fourth-order valence-electron chi connectivity index (χ4n) is 3.01. The molecule has 0 aliphatic carbocycles. The van der Waals surface area contributed by atoms with Gasteiger partial charge in [-0.15, -0.1) is 0 Å². The fraction of sp³-hybridized carbons (Fsp3) is 0.261. The molecule has 6 nitrogen and oxygen atoms in total. The molecule has 1 aromatic heterocycles. The molecule has 150 valence electrons. The molecule has 3 rings (SSSR count). The van der Waals surface area contributed by atoms with E-state index in [9.17, 15) is 4.79 Å². The van der Waals surface area contributed by atoms with E-state index in [1.54, 1.807) is 12.1 Å². The molecule has 0 radical (unpaired) electrons. The number of nitrogens with one attached hydrogen (secondary N) is 2. The lowest BCUT2D eigenvalue weighted by atomic mass is 9.86. The van der Waals surface area contributed by atoms with Gasteiger partial charge in [-0.1, -0.05) is 39.0 Å². The summed E-state index contributed by atoms with van der Waals surface area (Å²) in [5.74, 6) is 0.827. The number of carbonyl (C=O) groups excluding carboxylic acids is 1. The normalized spacial score (nSPS) is 11.1. The Morgan fingerprint density at radius 2 is 1.66 bits per heavy atom. The third-order valence-corrected chi connectivity index (χ3v) is 4.41. The number of methoxy groups -OCH3 is 1. The molecule has 0 saturated carbocycles. The van der Waals surface area contributed by atoms with Crippen molar-refractivity contribution in [3.8, 4) is 0 Å². The van der Waals surface area contributed by atoms with Gasteiger partial charge in [-0.25, -0.2) is 9.78 Å². The Morgan fingerprint density at radius 3 is 2.31 bits per heavy atom. The number of esters is 1. The summed E-state index contributed by atoms with van der Waals surface area (Å²) in [7, 11) is 1.37. The number of rotatable bonds is 5. The molecule has 0 saturated heterocycles. The fourth-order valence-corrected chi connectivity index (χ4v) is 3.01. The highest BCUT2D eigenvalue weighted by molar-refractivity contribution is 5.89. The van der Waals surface area contributed by atoms with Crippen LogP contribution in [0.5, 0.6) is 0 Å². The molecule has 1 heterocycles. The Balaban J connectivity index is 1.83. The van der Waals surface area contributed by atoms with Gasteiger partial charge in [0.25, 0.3) is 0 Å². The van der Waals surface area contributed by atoms with Crippen LogP contribution in [0, 0.1) is 6.92 Å². The maximum atomic E-state index is 11.6. The standard InChI is InChI=1S/C23H26N4O2/c1-15-14-20(25-17-12-10-16(11-13-17)21(28)29-5)27-22(24-15)26-19-9-7-6-8-18(19)23(2,3)4/h6-14H,1-5H3,(H2,24,25,26,27). The lowest BCUT2D eigenvalue weighted by Crippen LogP contribution is -2.14. The smallest absolute Gasteiger partial charge is 0.337 e. The number of hydrogen-bond donors (Lipinski definition) is 2. The highest BCUT2D eigenvalue weighted by Gasteiger charge is 2.18. The molecule has 0 atom stereocenters. The highest BCUT2D eigenvalue weighted by atomic mass is 16.5.